The molecule has 0 unspecified atom stereocenters. The summed E-state index contributed by atoms with van der Waals surface area (Å²) in [4.78, 5) is 12.9. The molecule has 0 spiro atoms. The number of amides is 1. The van der Waals surface area contributed by atoms with E-state index < -0.39 is 25.8 Å². The Morgan fingerprint density at radius 1 is 1.00 bits per heavy atom. The molecule has 1 heterocycles. The molecular weight excluding hydrogens is 412 g/mol. The van der Waals surface area contributed by atoms with Crippen molar-refractivity contribution in [3.8, 4) is 0 Å². The number of nitrogens with one attached hydrogen (secondary N) is 1. The number of anilines is 2. The van der Waals surface area contributed by atoms with Gasteiger partial charge in [-0.1, -0.05) is 31.2 Å². The Labute approximate surface area is 168 Å². The zero-order valence-corrected chi connectivity index (χ0v) is 17.1. The van der Waals surface area contributed by atoms with Crippen LogP contribution in [0.4, 0.5) is 11.4 Å². The third-order valence-electron chi connectivity index (χ3n) is 4.85. The van der Waals surface area contributed by atoms with Gasteiger partial charge in [0, 0.05) is 11.1 Å². The van der Waals surface area contributed by atoms with Crippen LogP contribution in [0.5, 0.6) is 0 Å². The summed E-state index contributed by atoms with van der Waals surface area (Å²) < 4.78 is 50.7. The van der Waals surface area contributed by atoms with Crippen LogP contribution in [0.25, 0.3) is 10.8 Å². The van der Waals surface area contributed by atoms with Crippen LogP contribution in [0.2, 0.25) is 0 Å². The van der Waals surface area contributed by atoms with Crippen molar-refractivity contribution in [1.29, 1.82) is 0 Å². The van der Waals surface area contributed by atoms with E-state index in [0.717, 1.165) is 9.69 Å². The molecule has 4 rings (SSSR count). The molecule has 0 saturated heterocycles. The molecule has 1 amide bonds. The fourth-order valence-electron chi connectivity index (χ4n) is 3.37. The Balaban J connectivity index is 1.58. The fraction of sp³-hybridized carbons (Fsp3) is 0.150. The standard InChI is InChI=1S/C20H18N2O5S2/c1-2-28(24,25)16-11-9-15(10-12-16)21-19(23)13-22-17-7-3-5-14-6-4-8-18(20(14)17)29(22,26)27/h3-12H,2,13H2,1H3,(H,21,23). The summed E-state index contributed by atoms with van der Waals surface area (Å²) in [6.07, 6.45) is 0. The molecule has 0 aliphatic carbocycles. The van der Waals surface area contributed by atoms with E-state index in [0.29, 0.717) is 16.8 Å². The number of hydrogen-bond donors (Lipinski definition) is 1. The summed E-state index contributed by atoms with van der Waals surface area (Å²) in [6, 6.07) is 16.1. The normalized spacial score (nSPS) is 14.9. The molecule has 9 heteroatoms. The maximum atomic E-state index is 12.9. The summed E-state index contributed by atoms with van der Waals surface area (Å²) >= 11 is 0. The Bertz CT molecular complexity index is 1330. The maximum Gasteiger partial charge on any atom is 0.265 e. The largest absolute Gasteiger partial charge is 0.325 e. The van der Waals surface area contributed by atoms with Crippen LogP contribution in [0.3, 0.4) is 0 Å². The van der Waals surface area contributed by atoms with E-state index in [1.54, 1.807) is 25.1 Å². The first-order valence-corrected chi connectivity index (χ1v) is 12.0. The quantitative estimate of drug-likeness (QED) is 0.671. The minimum absolute atomic E-state index is 0.0162. The van der Waals surface area contributed by atoms with Gasteiger partial charge >= 0.3 is 0 Å². The number of carbonyl (C=O) groups is 1. The van der Waals surface area contributed by atoms with Crippen LogP contribution < -0.4 is 9.62 Å². The Morgan fingerprint density at radius 2 is 1.66 bits per heavy atom. The zero-order valence-electron chi connectivity index (χ0n) is 15.5. The van der Waals surface area contributed by atoms with E-state index >= 15 is 0 Å². The molecule has 1 aliphatic heterocycles. The topological polar surface area (TPSA) is 101 Å². The van der Waals surface area contributed by atoms with Crippen molar-refractivity contribution in [1.82, 2.24) is 0 Å². The molecule has 3 aromatic rings. The van der Waals surface area contributed by atoms with Crippen molar-refractivity contribution in [3.05, 3.63) is 60.7 Å². The van der Waals surface area contributed by atoms with Crippen LogP contribution in [0.1, 0.15) is 6.92 Å². The van der Waals surface area contributed by atoms with Crippen LogP contribution in [0.15, 0.2) is 70.5 Å². The number of sulfonamides is 1. The predicted molar refractivity (Wildman–Crippen MR) is 111 cm³/mol. The second-order valence-corrected chi connectivity index (χ2v) is 10.7. The molecule has 0 radical (unpaired) electrons. The number of carbonyl (C=O) groups excluding carboxylic acids is 1. The lowest BCUT2D eigenvalue weighted by atomic mass is 10.1. The zero-order chi connectivity index (χ0) is 20.8. The SMILES string of the molecule is CCS(=O)(=O)c1ccc(NC(=O)CN2c3cccc4cccc(c34)S2(=O)=O)cc1. The lowest BCUT2D eigenvalue weighted by molar-refractivity contribution is -0.114. The molecule has 150 valence electrons. The van der Waals surface area contributed by atoms with Crippen molar-refractivity contribution in [2.45, 2.75) is 16.7 Å². The summed E-state index contributed by atoms with van der Waals surface area (Å²) in [5.74, 6) is -0.540. The van der Waals surface area contributed by atoms with Gasteiger partial charge in [-0.2, -0.15) is 0 Å². The van der Waals surface area contributed by atoms with E-state index in [9.17, 15) is 21.6 Å². The molecule has 1 aliphatic rings. The Morgan fingerprint density at radius 3 is 2.31 bits per heavy atom. The van der Waals surface area contributed by atoms with E-state index in [1.165, 1.54) is 30.3 Å². The van der Waals surface area contributed by atoms with Crippen LogP contribution in [-0.2, 0) is 24.7 Å². The minimum Gasteiger partial charge on any atom is -0.325 e. The van der Waals surface area contributed by atoms with Gasteiger partial charge in [0.05, 0.1) is 21.2 Å². The summed E-state index contributed by atoms with van der Waals surface area (Å²) in [6.45, 7) is 1.17. The van der Waals surface area contributed by atoms with Crippen molar-refractivity contribution in [2.24, 2.45) is 0 Å². The summed E-state index contributed by atoms with van der Waals surface area (Å²) in [5.41, 5.74) is 0.856. The highest BCUT2D eigenvalue weighted by Crippen LogP contribution is 2.41. The molecule has 3 aromatic carbocycles. The first-order chi connectivity index (χ1) is 13.7. The van der Waals surface area contributed by atoms with Crippen LogP contribution >= 0.6 is 0 Å². The van der Waals surface area contributed by atoms with Gasteiger partial charge < -0.3 is 5.32 Å². The highest BCUT2D eigenvalue weighted by atomic mass is 32.2. The van der Waals surface area contributed by atoms with E-state index in [2.05, 4.69) is 5.32 Å². The first kappa shape index (κ1) is 19.4. The smallest absolute Gasteiger partial charge is 0.265 e. The van der Waals surface area contributed by atoms with Gasteiger partial charge in [0.25, 0.3) is 10.0 Å². The number of benzene rings is 3. The van der Waals surface area contributed by atoms with Crippen molar-refractivity contribution in [2.75, 3.05) is 21.9 Å². The monoisotopic (exact) mass is 430 g/mol. The number of nitrogens with zero attached hydrogens (tertiary/aromatic N) is 1. The fourth-order valence-corrected chi connectivity index (χ4v) is 5.92. The number of rotatable bonds is 5. The molecule has 0 fully saturated rings. The lowest BCUT2D eigenvalue weighted by Gasteiger charge is -2.18. The molecule has 0 saturated carbocycles. The van der Waals surface area contributed by atoms with Gasteiger partial charge in [0.1, 0.15) is 6.54 Å². The van der Waals surface area contributed by atoms with E-state index in [4.69, 9.17) is 0 Å². The van der Waals surface area contributed by atoms with Gasteiger partial charge in [0.2, 0.25) is 5.91 Å². The van der Waals surface area contributed by atoms with Crippen molar-refractivity contribution < 1.29 is 21.6 Å². The molecule has 29 heavy (non-hydrogen) atoms. The lowest BCUT2D eigenvalue weighted by Crippen LogP contribution is -2.35. The van der Waals surface area contributed by atoms with Crippen molar-refractivity contribution in [3.63, 3.8) is 0 Å². The van der Waals surface area contributed by atoms with E-state index in [-0.39, 0.29) is 22.1 Å². The number of hydrogen-bond acceptors (Lipinski definition) is 5. The van der Waals surface area contributed by atoms with Crippen LogP contribution in [0, 0.1) is 0 Å². The highest BCUT2D eigenvalue weighted by molar-refractivity contribution is 7.93. The average Bonchev–Trinajstić information content (AvgIpc) is 2.92. The third-order valence-corrected chi connectivity index (χ3v) is 8.40. The molecular formula is C20H18N2O5S2. The van der Waals surface area contributed by atoms with Gasteiger partial charge in [0.15, 0.2) is 9.84 Å². The number of sulfone groups is 1. The first-order valence-electron chi connectivity index (χ1n) is 8.91. The molecule has 0 aromatic heterocycles. The molecule has 7 nitrogen and oxygen atoms in total. The second-order valence-electron chi connectivity index (χ2n) is 6.62. The predicted octanol–water partition coefficient (Wildman–Crippen LogP) is 2.78. The highest BCUT2D eigenvalue weighted by Gasteiger charge is 2.36. The van der Waals surface area contributed by atoms with Gasteiger partial charge in [-0.25, -0.2) is 16.8 Å². The Kier molecular flexibility index (Phi) is 4.59. The molecule has 0 bridgehead atoms. The molecule has 0 atom stereocenters. The van der Waals surface area contributed by atoms with Gasteiger partial charge in [-0.3, -0.25) is 9.10 Å². The van der Waals surface area contributed by atoms with Crippen LogP contribution in [-0.4, -0.2) is 35.0 Å². The van der Waals surface area contributed by atoms with Gasteiger partial charge in [-0.15, -0.1) is 0 Å². The minimum atomic E-state index is -3.82. The second kappa shape index (κ2) is 6.85. The summed E-state index contributed by atoms with van der Waals surface area (Å²) in [5, 5.41) is 4.02. The summed E-state index contributed by atoms with van der Waals surface area (Å²) in [7, 11) is -7.15. The van der Waals surface area contributed by atoms with Gasteiger partial charge in [-0.05, 0) is 41.8 Å². The molecule has 1 N–H and O–H groups in total. The van der Waals surface area contributed by atoms with E-state index in [1.807, 2.05) is 12.1 Å². The maximum absolute atomic E-state index is 12.9. The average molecular weight is 431 g/mol. The van der Waals surface area contributed by atoms with Crippen molar-refractivity contribution >= 4 is 47.9 Å². The Hall–Kier alpha value is -2.91. The third kappa shape index (κ3) is 3.26.